The lowest BCUT2D eigenvalue weighted by Gasteiger charge is -2.34. The first-order chi connectivity index (χ1) is 13.7. The first-order valence-corrected chi connectivity index (χ1v) is 10.6. The highest BCUT2D eigenvalue weighted by Gasteiger charge is 2.48. The predicted octanol–water partition coefficient (Wildman–Crippen LogP) is 3.43. The molecule has 1 saturated carbocycles. The monoisotopic (exact) mass is 405 g/mol. The molecular formula is C23H35NO5. The summed E-state index contributed by atoms with van der Waals surface area (Å²) < 4.78 is 5.89. The molecule has 1 unspecified atom stereocenters. The minimum absolute atomic E-state index is 0.0572. The molecule has 0 saturated heterocycles. The highest BCUT2D eigenvalue weighted by Crippen LogP contribution is 2.41. The van der Waals surface area contributed by atoms with Gasteiger partial charge in [-0.25, -0.2) is 4.79 Å². The summed E-state index contributed by atoms with van der Waals surface area (Å²) in [6.07, 6.45) is 4.44. The summed E-state index contributed by atoms with van der Waals surface area (Å²) in [6, 6.07) is 9.10. The molecule has 0 aliphatic heterocycles. The highest BCUT2D eigenvalue weighted by atomic mass is 16.6. The van der Waals surface area contributed by atoms with E-state index in [2.05, 4.69) is 13.8 Å². The van der Waals surface area contributed by atoms with E-state index in [4.69, 9.17) is 9.84 Å². The third kappa shape index (κ3) is 6.54. The van der Waals surface area contributed by atoms with Gasteiger partial charge in [-0.1, -0.05) is 57.0 Å². The molecule has 162 valence electrons. The van der Waals surface area contributed by atoms with Gasteiger partial charge in [0.05, 0.1) is 6.54 Å². The molecule has 2 rings (SSSR count). The van der Waals surface area contributed by atoms with E-state index in [9.17, 15) is 14.7 Å². The third-order valence-electron chi connectivity index (χ3n) is 5.72. The van der Waals surface area contributed by atoms with Crippen molar-refractivity contribution in [3.05, 3.63) is 35.9 Å². The van der Waals surface area contributed by atoms with Gasteiger partial charge in [0.1, 0.15) is 6.10 Å². The second-order valence-electron chi connectivity index (χ2n) is 8.69. The van der Waals surface area contributed by atoms with Crippen molar-refractivity contribution in [1.82, 2.24) is 4.90 Å². The Morgan fingerprint density at radius 3 is 2.38 bits per heavy atom. The van der Waals surface area contributed by atoms with E-state index >= 15 is 0 Å². The molecule has 0 radical (unpaired) electrons. The zero-order valence-electron chi connectivity index (χ0n) is 17.8. The number of carbonyl (C=O) groups is 2. The van der Waals surface area contributed by atoms with Crippen molar-refractivity contribution in [3.8, 4) is 0 Å². The maximum atomic E-state index is 13.3. The lowest BCUT2D eigenvalue weighted by Crippen LogP contribution is -2.45. The molecule has 6 heteroatoms. The highest BCUT2D eigenvalue weighted by molar-refractivity contribution is 5.81. The maximum absolute atomic E-state index is 13.3. The van der Waals surface area contributed by atoms with Crippen LogP contribution in [0.4, 0.5) is 0 Å². The van der Waals surface area contributed by atoms with E-state index in [-0.39, 0.29) is 18.6 Å². The third-order valence-corrected chi connectivity index (χ3v) is 5.72. The number of aliphatic hydroxyl groups is 1. The van der Waals surface area contributed by atoms with Crippen LogP contribution in [0.2, 0.25) is 0 Å². The zero-order valence-corrected chi connectivity index (χ0v) is 17.8. The van der Waals surface area contributed by atoms with Gasteiger partial charge in [0.25, 0.3) is 0 Å². The van der Waals surface area contributed by atoms with Crippen LogP contribution in [-0.2, 0) is 19.9 Å². The number of hydrogen-bond acceptors (Lipinski definition) is 5. The molecule has 0 bridgehead atoms. The number of rotatable bonds is 11. The second kappa shape index (κ2) is 10.7. The minimum atomic E-state index is -1.64. The number of nitrogens with zero attached hydrogens (tertiary/aromatic N) is 1. The summed E-state index contributed by atoms with van der Waals surface area (Å²) in [5, 5.41) is 20.5. The summed E-state index contributed by atoms with van der Waals surface area (Å²) in [5.74, 6) is -1.30. The van der Waals surface area contributed by atoms with Crippen LogP contribution in [0.25, 0.3) is 0 Å². The largest absolute Gasteiger partial charge is 0.480 e. The van der Waals surface area contributed by atoms with Crippen LogP contribution in [0, 0.1) is 11.8 Å². The number of likely N-dealkylation sites (N-methyl/N-ethyl adjacent to an activating group) is 1. The fraction of sp³-hybridized carbons (Fsp3) is 0.652. The molecular weight excluding hydrogens is 370 g/mol. The summed E-state index contributed by atoms with van der Waals surface area (Å²) in [5.41, 5.74) is -1.05. The van der Waals surface area contributed by atoms with Crippen molar-refractivity contribution in [3.63, 3.8) is 0 Å². The van der Waals surface area contributed by atoms with Crippen LogP contribution in [0.5, 0.6) is 0 Å². The Balaban J connectivity index is 2.15. The lowest BCUT2D eigenvalue weighted by molar-refractivity contribution is -0.180. The molecule has 1 fully saturated rings. The van der Waals surface area contributed by atoms with Crippen LogP contribution >= 0.6 is 0 Å². The van der Waals surface area contributed by atoms with Crippen molar-refractivity contribution >= 4 is 11.9 Å². The van der Waals surface area contributed by atoms with Gasteiger partial charge in [0.2, 0.25) is 0 Å². The predicted molar refractivity (Wildman–Crippen MR) is 111 cm³/mol. The molecule has 1 aliphatic rings. The number of ether oxygens (including phenoxy) is 1. The van der Waals surface area contributed by atoms with Crippen LogP contribution in [0.3, 0.4) is 0 Å². The molecule has 1 aliphatic carbocycles. The van der Waals surface area contributed by atoms with Gasteiger partial charge in [0.15, 0.2) is 5.60 Å². The number of aliphatic carboxylic acids is 1. The van der Waals surface area contributed by atoms with E-state index in [1.807, 2.05) is 18.2 Å². The normalized spacial score (nSPS) is 18.0. The first kappa shape index (κ1) is 23.4. The molecule has 0 aromatic heterocycles. The average molecular weight is 406 g/mol. The van der Waals surface area contributed by atoms with Gasteiger partial charge < -0.3 is 14.9 Å². The molecule has 2 atom stereocenters. The molecule has 0 heterocycles. The Labute approximate surface area is 173 Å². The van der Waals surface area contributed by atoms with Gasteiger partial charge in [-0.15, -0.1) is 0 Å². The topological polar surface area (TPSA) is 87.1 Å². The smallest absolute Gasteiger partial charge is 0.343 e. The van der Waals surface area contributed by atoms with Crippen molar-refractivity contribution < 1.29 is 24.5 Å². The van der Waals surface area contributed by atoms with E-state index in [0.29, 0.717) is 30.9 Å². The van der Waals surface area contributed by atoms with E-state index in [1.54, 1.807) is 24.1 Å². The lowest BCUT2D eigenvalue weighted by atomic mass is 9.80. The summed E-state index contributed by atoms with van der Waals surface area (Å²) in [7, 11) is 1.74. The summed E-state index contributed by atoms with van der Waals surface area (Å²) >= 11 is 0. The van der Waals surface area contributed by atoms with E-state index in [1.165, 1.54) is 0 Å². The van der Waals surface area contributed by atoms with Crippen LogP contribution in [0.1, 0.15) is 57.9 Å². The summed E-state index contributed by atoms with van der Waals surface area (Å²) in [4.78, 5) is 25.9. The minimum Gasteiger partial charge on any atom is -0.480 e. The second-order valence-corrected chi connectivity index (χ2v) is 8.69. The molecule has 2 N–H and O–H groups in total. The van der Waals surface area contributed by atoms with Crippen molar-refractivity contribution in [2.75, 3.05) is 20.1 Å². The standard InChI is InChI=1S/C23H35NO5/c1-17(2)15-20(13-14-24(3)16-21(25)26)29-22(27)23(28,19-11-7-8-12-19)18-9-5-4-6-10-18/h4-6,9-10,17,19-20,28H,7-8,11-16H2,1-3H3,(H,25,26)/t20?,23-/m0/s1. The number of carboxylic acids is 1. The van der Waals surface area contributed by atoms with Gasteiger partial charge in [-0.05, 0) is 44.2 Å². The van der Waals surface area contributed by atoms with E-state index in [0.717, 1.165) is 25.7 Å². The first-order valence-electron chi connectivity index (χ1n) is 10.6. The Kier molecular flexibility index (Phi) is 8.65. The fourth-order valence-electron chi connectivity index (χ4n) is 4.22. The Bertz CT molecular complexity index is 656. The molecule has 6 nitrogen and oxygen atoms in total. The molecule has 0 spiro atoms. The molecule has 1 aromatic carbocycles. The Morgan fingerprint density at radius 1 is 1.21 bits per heavy atom. The Hall–Kier alpha value is -1.92. The van der Waals surface area contributed by atoms with Crippen molar-refractivity contribution in [2.24, 2.45) is 11.8 Å². The molecule has 0 amide bonds. The fourth-order valence-corrected chi connectivity index (χ4v) is 4.22. The summed E-state index contributed by atoms with van der Waals surface area (Å²) in [6.45, 7) is 4.56. The van der Waals surface area contributed by atoms with Crippen LogP contribution in [-0.4, -0.2) is 53.3 Å². The maximum Gasteiger partial charge on any atom is 0.343 e. The SMILES string of the molecule is CC(C)CC(CCN(C)CC(=O)O)OC(=O)[C@](O)(c1ccccc1)C1CCCC1. The van der Waals surface area contributed by atoms with Crippen LogP contribution in [0.15, 0.2) is 30.3 Å². The quantitative estimate of drug-likeness (QED) is 0.549. The van der Waals surface area contributed by atoms with Gasteiger partial charge in [0, 0.05) is 12.5 Å². The number of hydrogen-bond donors (Lipinski definition) is 2. The van der Waals surface area contributed by atoms with Gasteiger partial charge >= 0.3 is 11.9 Å². The zero-order chi connectivity index (χ0) is 21.4. The van der Waals surface area contributed by atoms with Gasteiger partial charge in [-0.3, -0.25) is 9.69 Å². The van der Waals surface area contributed by atoms with E-state index < -0.39 is 17.5 Å². The number of carboxylic acid groups (broad SMARTS) is 1. The molecule has 1 aromatic rings. The van der Waals surface area contributed by atoms with Gasteiger partial charge in [-0.2, -0.15) is 0 Å². The Morgan fingerprint density at radius 2 is 1.83 bits per heavy atom. The molecule has 29 heavy (non-hydrogen) atoms. The number of esters is 1. The van der Waals surface area contributed by atoms with Crippen LogP contribution < -0.4 is 0 Å². The number of carbonyl (C=O) groups excluding carboxylic acids is 1. The van der Waals surface area contributed by atoms with Crippen molar-refractivity contribution in [2.45, 2.75) is 64.1 Å². The van der Waals surface area contributed by atoms with Crippen molar-refractivity contribution in [1.29, 1.82) is 0 Å². The number of benzene rings is 1. The average Bonchev–Trinajstić information content (AvgIpc) is 3.20.